The molecule has 0 amide bonds. The summed E-state index contributed by atoms with van der Waals surface area (Å²) in [5.74, 6) is 2.19. The Morgan fingerprint density at radius 3 is 2.15 bits per heavy atom. The van der Waals surface area contributed by atoms with Gasteiger partial charge >= 0.3 is 0 Å². The smallest absolute Gasteiger partial charge is 0.00470 e. The van der Waals surface area contributed by atoms with Crippen LogP contribution in [0, 0.1) is 5.92 Å². The van der Waals surface area contributed by atoms with Gasteiger partial charge in [0, 0.05) is 5.25 Å². The van der Waals surface area contributed by atoms with Crippen LogP contribution in [0.1, 0.15) is 59.8 Å². The molecule has 0 bridgehead atoms. The molecule has 13 heavy (non-hydrogen) atoms. The van der Waals surface area contributed by atoms with Gasteiger partial charge < -0.3 is 0 Å². The molecule has 0 saturated carbocycles. The Bertz CT molecular complexity index is 99.3. The highest BCUT2D eigenvalue weighted by Gasteiger charge is 2.08. The number of rotatable bonds is 8. The van der Waals surface area contributed by atoms with Gasteiger partial charge in [-0.1, -0.05) is 47.0 Å². The molecular weight excluding hydrogens is 176 g/mol. The Kier molecular flexibility index (Phi) is 9.17. The molecule has 0 aliphatic heterocycles. The Balaban J connectivity index is 3.53. The predicted molar refractivity (Wildman–Crippen MR) is 65.5 cm³/mol. The fourth-order valence-electron chi connectivity index (χ4n) is 1.39. The zero-order chi connectivity index (χ0) is 10.1. The fourth-order valence-corrected chi connectivity index (χ4v) is 2.79. The van der Waals surface area contributed by atoms with E-state index < -0.39 is 0 Å². The highest BCUT2D eigenvalue weighted by atomic mass is 32.2. The number of hydrogen-bond donors (Lipinski definition) is 0. The van der Waals surface area contributed by atoms with Gasteiger partial charge in [-0.15, -0.1) is 0 Å². The number of hydrogen-bond acceptors (Lipinski definition) is 1. The third-order valence-corrected chi connectivity index (χ3v) is 3.96. The maximum atomic E-state index is 2.32. The van der Waals surface area contributed by atoms with Crippen molar-refractivity contribution in [1.82, 2.24) is 0 Å². The molecule has 0 saturated heterocycles. The highest BCUT2D eigenvalue weighted by Crippen LogP contribution is 2.23. The summed E-state index contributed by atoms with van der Waals surface area (Å²) in [6.07, 6.45) is 6.96. The summed E-state index contributed by atoms with van der Waals surface area (Å²) < 4.78 is 0. The van der Waals surface area contributed by atoms with Crippen LogP contribution in [0.4, 0.5) is 0 Å². The van der Waals surface area contributed by atoms with Crippen LogP contribution in [0.25, 0.3) is 0 Å². The van der Waals surface area contributed by atoms with Crippen LogP contribution in [0.2, 0.25) is 0 Å². The zero-order valence-electron chi connectivity index (χ0n) is 9.81. The first-order valence-electron chi connectivity index (χ1n) is 5.82. The van der Waals surface area contributed by atoms with Gasteiger partial charge in [-0.05, 0) is 24.5 Å². The molecule has 0 aliphatic rings. The molecule has 1 heteroatoms. The highest BCUT2D eigenvalue weighted by molar-refractivity contribution is 7.99. The van der Waals surface area contributed by atoms with Crippen molar-refractivity contribution in [3.05, 3.63) is 0 Å². The second-order valence-electron chi connectivity index (χ2n) is 4.28. The summed E-state index contributed by atoms with van der Waals surface area (Å²) in [7, 11) is 0. The van der Waals surface area contributed by atoms with Gasteiger partial charge in [0.2, 0.25) is 0 Å². The van der Waals surface area contributed by atoms with Crippen LogP contribution >= 0.6 is 11.8 Å². The molecule has 80 valence electrons. The van der Waals surface area contributed by atoms with E-state index in [1.165, 1.54) is 37.9 Å². The fraction of sp³-hybridized carbons (Fsp3) is 1.00. The van der Waals surface area contributed by atoms with Crippen molar-refractivity contribution in [1.29, 1.82) is 0 Å². The minimum Gasteiger partial charge on any atom is -0.158 e. The molecule has 0 aromatic heterocycles. The topological polar surface area (TPSA) is 0 Å². The molecule has 1 atom stereocenters. The lowest BCUT2D eigenvalue weighted by atomic mass is 10.1. The van der Waals surface area contributed by atoms with Gasteiger partial charge in [0.15, 0.2) is 0 Å². The van der Waals surface area contributed by atoms with Crippen molar-refractivity contribution in [2.24, 2.45) is 5.92 Å². The van der Waals surface area contributed by atoms with Crippen molar-refractivity contribution in [3.8, 4) is 0 Å². The summed E-state index contributed by atoms with van der Waals surface area (Å²) in [5.41, 5.74) is 0. The number of unbranched alkanes of at least 4 members (excludes halogenated alkanes) is 1. The molecule has 0 aliphatic carbocycles. The van der Waals surface area contributed by atoms with E-state index in [9.17, 15) is 0 Å². The van der Waals surface area contributed by atoms with E-state index in [-0.39, 0.29) is 0 Å². The second kappa shape index (κ2) is 8.93. The second-order valence-corrected chi connectivity index (χ2v) is 5.61. The van der Waals surface area contributed by atoms with E-state index in [4.69, 9.17) is 0 Å². The quantitative estimate of drug-likeness (QED) is 0.548. The lowest BCUT2D eigenvalue weighted by molar-refractivity contribution is 0.635. The standard InChI is InChI=1S/C12H26S/c1-5-7-9-12(8-6-2)13-10-11(3)4/h11-12H,5-10H2,1-4H3. The van der Waals surface area contributed by atoms with Crippen LogP contribution < -0.4 is 0 Å². The largest absolute Gasteiger partial charge is 0.158 e. The van der Waals surface area contributed by atoms with Gasteiger partial charge in [-0.25, -0.2) is 0 Å². The third-order valence-electron chi connectivity index (χ3n) is 2.16. The first-order valence-corrected chi connectivity index (χ1v) is 6.87. The van der Waals surface area contributed by atoms with Gasteiger partial charge in [-0.3, -0.25) is 0 Å². The van der Waals surface area contributed by atoms with Crippen molar-refractivity contribution in [3.63, 3.8) is 0 Å². The van der Waals surface area contributed by atoms with E-state index in [0.717, 1.165) is 11.2 Å². The summed E-state index contributed by atoms with van der Waals surface area (Å²) in [6, 6.07) is 0. The van der Waals surface area contributed by atoms with E-state index in [2.05, 4.69) is 39.5 Å². The number of thioether (sulfide) groups is 1. The molecule has 0 heterocycles. The molecule has 0 rings (SSSR count). The Hall–Kier alpha value is 0.350. The summed E-state index contributed by atoms with van der Waals surface area (Å²) in [6.45, 7) is 9.22. The van der Waals surface area contributed by atoms with Gasteiger partial charge in [0.1, 0.15) is 0 Å². The van der Waals surface area contributed by atoms with Gasteiger partial charge in [0.25, 0.3) is 0 Å². The zero-order valence-corrected chi connectivity index (χ0v) is 10.6. The molecule has 0 fully saturated rings. The lowest BCUT2D eigenvalue weighted by Crippen LogP contribution is -2.05. The normalized spacial score (nSPS) is 13.6. The van der Waals surface area contributed by atoms with E-state index in [0.29, 0.717) is 0 Å². The first kappa shape index (κ1) is 13.4. The Labute approximate surface area is 88.9 Å². The average molecular weight is 202 g/mol. The molecule has 0 aromatic rings. The Morgan fingerprint density at radius 2 is 1.69 bits per heavy atom. The van der Waals surface area contributed by atoms with Crippen molar-refractivity contribution < 1.29 is 0 Å². The molecule has 0 nitrogen and oxygen atoms in total. The monoisotopic (exact) mass is 202 g/mol. The minimum atomic E-state index is 0.853. The lowest BCUT2D eigenvalue weighted by Gasteiger charge is -2.16. The predicted octanol–water partition coefficient (Wildman–Crippen LogP) is 4.73. The molecule has 1 unspecified atom stereocenters. The third kappa shape index (κ3) is 8.67. The Morgan fingerprint density at radius 1 is 1.00 bits per heavy atom. The van der Waals surface area contributed by atoms with E-state index in [1.54, 1.807) is 0 Å². The average Bonchev–Trinajstić information content (AvgIpc) is 2.09. The van der Waals surface area contributed by atoms with Crippen LogP contribution in [0.5, 0.6) is 0 Å². The summed E-state index contributed by atoms with van der Waals surface area (Å²) >= 11 is 2.19. The first-order chi connectivity index (χ1) is 6.20. The summed E-state index contributed by atoms with van der Waals surface area (Å²) in [4.78, 5) is 0. The van der Waals surface area contributed by atoms with Crippen molar-refractivity contribution >= 4 is 11.8 Å². The van der Waals surface area contributed by atoms with Gasteiger partial charge in [-0.2, -0.15) is 11.8 Å². The van der Waals surface area contributed by atoms with Crippen molar-refractivity contribution in [2.45, 2.75) is 65.0 Å². The van der Waals surface area contributed by atoms with Crippen LogP contribution in [0.3, 0.4) is 0 Å². The molecule has 0 radical (unpaired) electrons. The molecule has 0 N–H and O–H groups in total. The summed E-state index contributed by atoms with van der Waals surface area (Å²) in [5, 5.41) is 0.937. The van der Waals surface area contributed by atoms with Crippen LogP contribution in [0.15, 0.2) is 0 Å². The molecule has 0 aromatic carbocycles. The van der Waals surface area contributed by atoms with Crippen molar-refractivity contribution in [2.75, 3.05) is 5.75 Å². The molecule has 0 spiro atoms. The maximum Gasteiger partial charge on any atom is 0.00470 e. The SMILES string of the molecule is CCCCC(CCC)SCC(C)C. The maximum absolute atomic E-state index is 2.32. The van der Waals surface area contributed by atoms with Gasteiger partial charge in [0.05, 0.1) is 0 Å². The van der Waals surface area contributed by atoms with Crippen LogP contribution in [-0.2, 0) is 0 Å². The molecular formula is C12H26S. The van der Waals surface area contributed by atoms with E-state index >= 15 is 0 Å². The van der Waals surface area contributed by atoms with Crippen LogP contribution in [-0.4, -0.2) is 11.0 Å². The minimum absolute atomic E-state index is 0.853. The van der Waals surface area contributed by atoms with E-state index in [1.807, 2.05) is 0 Å².